The van der Waals surface area contributed by atoms with Gasteiger partial charge >= 0.3 is 6.03 Å². The van der Waals surface area contributed by atoms with E-state index in [1.54, 1.807) is 10.9 Å². The molecule has 1 aliphatic heterocycles. The highest BCUT2D eigenvalue weighted by molar-refractivity contribution is 7.92. The van der Waals surface area contributed by atoms with Crippen molar-refractivity contribution in [2.45, 2.75) is 101 Å². The van der Waals surface area contributed by atoms with Crippen LogP contribution in [0.4, 0.5) is 10.5 Å². The molecule has 2 atom stereocenters. The lowest BCUT2D eigenvalue weighted by Crippen LogP contribution is -2.47. The second kappa shape index (κ2) is 14.4. The number of aromatic nitrogens is 2. The number of amides is 2. The SMILES string of the molecule is CC(C)(C)[Si](C)(C)O[C@H]1COc2c([S@@](=O)(=NC(c3ccccc3)(c3ccccc3)c3ccccc3)NC(=O)Nc3c4c(cc5c3CCC5)CCC4)cnn2C1. The maximum Gasteiger partial charge on any atom is 0.331 e. The highest BCUT2D eigenvalue weighted by Gasteiger charge is 2.43. The fourth-order valence-electron chi connectivity index (χ4n) is 8.15. The molecule has 0 bridgehead atoms. The molecule has 0 saturated carbocycles. The molecule has 11 heteroatoms. The molecule has 9 nitrogen and oxygen atoms in total. The summed E-state index contributed by atoms with van der Waals surface area (Å²) >= 11 is 0. The Bertz CT molecular complexity index is 2200. The van der Waals surface area contributed by atoms with E-state index in [4.69, 9.17) is 18.6 Å². The molecule has 2 N–H and O–H groups in total. The van der Waals surface area contributed by atoms with Gasteiger partial charge in [0.1, 0.15) is 17.0 Å². The van der Waals surface area contributed by atoms with Crippen LogP contribution in [-0.4, -0.2) is 41.0 Å². The predicted molar refractivity (Wildman–Crippen MR) is 220 cm³/mol. The molecule has 0 radical (unpaired) electrons. The van der Waals surface area contributed by atoms with Gasteiger partial charge in [-0.25, -0.2) is 18.4 Å². The van der Waals surface area contributed by atoms with Crippen LogP contribution in [0.5, 0.6) is 5.88 Å². The number of nitrogens with zero attached hydrogens (tertiary/aromatic N) is 3. The van der Waals surface area contributed by atoms with Gasteiger partial charge in [-0.1, -0.05) is 118 Å². The summed E-state index contributed by atoms with van der Waals surface area (Å²) in [6.45, 7) is 11.8. The van der Waals surface area contributed by atoms with E-state index in [-0.39, 0.29) is 22.6 Å². The van der Waals surface area contributed by atoms with Crippen LogP contribution < -0.4 is 14.8 Å². The zero-order valence-electron chi connectivity index (χ0n) is 32.4. The summed E-state index contributed by atoms with van der Waals surface area (Å²) in [7, 11) is -5.99. The Hall–Kier alpha value is -4.71. The summed E-state index contributed by atoms with van der Waals surface area (Å²) in [5.41, 5.74) is 6.91. The summed E-state index contributed by atoms with van der Waals surface area (Å²) in [4.78, 5) is 14.8. The van der Waals surface area contributed by atoms with Gasteiger partial charge in [-0.2, -0.15) is 9.46 Å². The van der Waals surface area contributed by atoms with Gasteiger partial charge in [0, 0.05) is 5.69 Å². The summed E-state index contributed by atoms with van der Waals surface area (Å²) < 4.78 is 39.6. The number of hydrogen-bond donors (Lipinski definition) is 2. The highest BCUT2D eigenvalue weighted by Crippen LogP contribution is 2.44. The number of rotatable bonds is 9. The summed E-state index contributed by atoms with van der Waals surface area (Å²) in [5, 5.41) is 7.95. The van der Waals surface area contributed by atoms with E-state index in [1.165, 1.54) is 22.3 Å². The van der Waals surface area contributed by atoms with Crippen LogP contribution in [0.3, 0.4) is 0 Å². The van der Waals surface area contributed by atoms with Gasteiger partial charge in [0.15, 0.2) is 18.2 Å². The van der Waals surface area contributed by atoms with Crippen LogP contribution in [0.2, 0.25) is 18.1 Å². The first-order chi connectivity index (χ1) is 26.4. The Balaban J connectivity index is 1.29. The number of carbonyl (C=O) groups excluding carboxylic acids is 1. The number of benzene rings is 4. The molecule has 4 aromatic carbocycles. The average molecular weight is 774 g/mol. The minimum atomic E-state index is -3.87. The number of urea groups is 1. The molecule has 0 saturated heterocycles. The summed E-state index contributed by atoms with van der Waals surface area (Å²) in [5.74, 6) is 0.314. The van der Waals surface area contributed by atoms with Crippen LogP contribution in [0.25, 0.3) is 0 Å². The first kappa shape index (κ1) is 37.2. The van der Waals surface area contributed by atoms with Crippen LogP contribution in [0.1, 0.15) is 72.6 Å². The molecule has 2 aliphatic carbocycles. The number of fused-ring (bicyclic) bond motifs is 3. The maximum atomic E-state index is 16.3. The Morgan fingerprint density at radius 3 is 1.89 bits per heavy atom. The molecule has 55 heavy (non-hydrogen) atoms. The first-order valence-electron chi connectivity index (χ1n) is 19.4. The molecule has 3 aliphatic rings. The molecular weight excluding hydrogens is 723 g/mol. The number of ether oxygens (including phenoxy) is 1. The molecular formula is C44H51N5O4SSi. The quantitative estimate of drug-likeness (QED) is 0.115. The Morgan fingerprint density at radius 1 is 0.855 bits per heavy atom. The fourth-order valence-corrected chi connectivity index (χ4v) is 11.3. The standard InChI is InChI=1S/C44H51N5O4SSi/c1-43(2,3)55(4,5)53-36-29-49-41(52-30-36)39(28-45-49)54(51,47-42(50)46-40-37-25-15-17-31(37)27-32-18-16-26-38(32)40)48-44(33-19-9-6-10-20-33,34-21-11-7-12-22-34)35-23-13-8-14-24-35/h6-14,19-24,27-28,36H,15-18,25-26,29-30H2,1-5H3,(H2,46,47,48,50,51)/t36-,54+/m1/s1. The minimum absolute atomic E-state index is 0.0155. The number of aryl methyl sites for hydroxylation is 2. The van der Waals surface area contributed by atoms with E-state index in [1.807, 2.05) is 91.0 Å². The van der Waals surface area contributed by atoms with Crippen molar-refractivity contribution in [2.24, 2.45) is 4.36 Å². The number of nitrogens with one attached hydrogen (secondary N) is 2. The molecule has 8 rings (SSSR count). The lowest BCUT2D eigenvalue weighted by atomic mass is 9.78. The molecule has 2 heterocycles. The van der Waals surface area contributed by atoms with E-state index in [0.29, 0.717) is 12.4 Å². The largest absolute Gasteiger partial charge is 0.474 e. The van der Waals surface area contributed by atoms with Gasteiger partial charge in [-0.3, -0.25) is 0 Å². The normalized spacial score (nSPS) is 17.7. The van der Waals surface area contributed by atoms with Crippen LogP contribution in [0.15, 0.2) is 113 Å². The van der Waals surface area contributed by atoms with E-state index >= 15 is 4.21 Å². The second-order valence-corrected chi connectivity index (χ2v) is 23.2. The van der Waals surface area contributed by atoms with Gasteiger partial charge in [0.2, 0.25) is 5.88 Å². The molecule has 0 unspecified atom stereocenters. The Labute approximate surface area is 326 Å². The van der Waals surface area contributed by atoms with Crippen LogP contribution in [-0.2, 0) is 52.1 Å². The minimum Gasteiger partial charge on any atom is -0.474 e. The lowest BCUT2D eigenvalue weighted by molar-refractivity contribution is 0.0615. The Kier molecular flexibility index (Phi) is 9.76. The molecule has 5 aromatic rings. The maximum absolute atomic E-state index is 16.3. The summed E-state index contributed by atoms with van der Waals surface area (Å²) in [6.07, 6.45) is 7.21. The van der Waals surface area contributed by atoms with Gasteiger partial charge in [0.25, 0.3) is 0 Å². The second-order valence-electron chi connectivity index (χ2n) is 16.5. The van der Waals surface area contributed by atoms with Crippen molar-refractivity contribution in [1.82, 2.24) is 14.5 Å². The van der Waals surface area contributed by atoms with Gasteiger partial charge in [0.05, 0.1) is 18.8 Å². The van der Waals surface area contributed by atoms with Crippen molar-refractivity contribution < 1.29 is 18.2 Å². The van der Waals surface area contributed by atoms with E-state index in [2.05, 4.69) is 50.0 Å². The summed E-state index contributed by atoms with van der Waals surface area (Å²) in [6, 6.07) is 31.3. The van der Waals surface area contributed by atoms with E-state index < -0.39 is 29.8 Å². The van der Waals surface area contributed by atoms with E-state index in [0.717, 1.165) is 60.9 Å². The number of anilines is 1. The van der Waals surface area contributed by atoms with Crippen LogP contribution >= 0.6 is 0 Å². The predicted octanol–water partition coefficient (Wildman–Crippen LogP) is 9.20. The third-order valence-electron chi connectivity index (χ3n) is 11.9. The van der Waals surface area contributed by atoms with Crippen molar-refractivity contribution in [2.75, 3.05) is 11.9 Å². The molecule has 2 amide bonds. The van der Waals surface area contributed by atoms with Crippen molar-refractivity contribution in [1.29, 1.82) is 0 Å². The van der Waals surface area contributed by atoms with Crippen molar-refractivity contribution in [3.8, 4) is 5.88 Å². The number of hydrogen-bond acceptors (Lipinski definition) is 6. The highest BCUT2D eigenvalue weighted by atomic mass is 32.2. The third kappa shape index (κ3) is 6.91. The number of carbonyl (C=O) groups is 1. The van der Waals surface area contributed by atoms with Gasteiger partial charge < -0.3 is 14.5 Å². The first-order valence-corrected chi connectivity index (χ1v) is 23.9. The zero-order valence-corrected chi connectivity index (χ0v) is 34.2. The van der Waals surface area contributed by atoms with Crippen molar-refractivity contribution in [3.63, 3.8) is 0 Å². The van der Waals surface area contributed by atoms with Crippen molar-refractivity contribution >= 4 is 30.0 Å². The Morgan fingerprint density at radius 2 is 1.38 bits per heavy atom. The van der Waals surface area contributed by atoms with Crippen molar-refractivity contribution in [3.05, 3.63) is 142 Å². The van der Waals surface area contributed by atoms with Crippen LogP contribution in [0, 0.1) is 0 Å². The average Bonchev–Trinajstić information content (AvgIpc) is 3.95. The zero-order chi connectivity index (χ0) is 38.4. The van der Waals surface area contributed by atoms with E-state index in [9.17, 15) is 4.79 Å². The van der Waals surface area contributed by atoms with Gasteiger partial charge in [-0.05, 0) is 95.6 Å². The molecule has 0 fully saturated rings. The fraction of sp³-hybridized carbons (Fsp3) is 0.364. The molecule has 1 aromatic heterocycles. The third-order valence-corrected chi connectivity index (χ3v) is 18.3. The lowest BCUT2D eigenvalue weighted by Gasteiger charge is -2.40. The molecule has 0 spiro atoms. The topological polar surface area (TPSA) is 107 Å². The smallest absolute Gasteiger partial charge is 0.331 e. The molecule has 286 valence electrons. The van der Waals surface area contributed by atoms with Gasteiger partial charge in [-0.15, -0.1) is 0 Å². The monoisotopic (exact) mass is 773 g/mol.